The summed E-state index contributed by atoms with van der Waals surface area (Å²) < 4.78 is 35.1. The molecular formula is C14H14ClNO4S. The summed E-state index contributed by atoms with van der Waals surface area (Å²) >= 11 is 6.00. The Morgan fingerprint density at radius 2 is 2.05 bits per heavy atom. The second-order valence-corrected chi connectivity index (χ2v) is 6.11. The smallest absolute Gasteiger partial charge is 0.344 e. The fourth-order valence-electron chi connectivity index (χ4n) is 1.65. The van der Waals surface area contributed by atoms with E-state index in [0.29, 0.717) is 11.6 Å². The van der Waals surface area contributed by atoms with E-state index in [9.17, 15) is 8.42 Å². The topological polar surface area (TPSA) is 65.5 Å². The molecule has 21 heavy (non-hydrogen) atoms. The SMILES string of the molecule is CCOc1cc(C)c(Cl)cc1S(=O)(=O)Oc1ccccn1. The van der Waals surface area contributed by atoms with Gasteiger partial charge in [-0.1, -0.05) is 17.7 Å². The quantitative estimate of drug-likeness (QED) is 0.789. The van der Waals surface area contributed by atoms with Gasteiger partial charge in [0.1, 0.15) is 10.6 Å². The number of nitrogens with zero attached hydrogens (tertiary/aromatic N) is 1. The number of hydrogen-bond acceptors (Lipinski definition) is 5. The summed E-state index contributed by atoms with van der Waals surface area (Å²) in [6.07, 6.45) is 1.44. The third kappa shape index (κ3) is 3.65. The van der Waals surface area contributed by atoms with Gasteiger partial charge in [0.05, 0.1) is 6.61 Å². The van der Waals surface area contributed by atoms with Crippen LogP contribution in [0.1, 0.15) is 12.5 Å². The first-order valence-electron chi connectivity index (χ1n) is 6.22. The highest BCUT2D eigenvalue weighted by atomic mass is 35.5. The minimum Gasteiger partial charge on any atom is -0.492 e. The van der Waals surface area contributed by atoms with E-state index in [1.54, 1.807) is 32.0 Å². The van der Waals surface area contributed by atoms with Gasteiger partial charge >= 0.3 is 10.1 Å². The maximum atomic E-state index is 12.4. The van der Waals surface area contributed by atoms with E-state index in [1.807, 2.05) is 0 Å². The van der Waals surface area contributed by atoms with Gasteiger partial charge in [0, 0.05) is 17.3 Å². The molecule has 7 heteroatoms. The lowest BCUT2D eigenvalue weighted by atomic mass is 10.2. The van der Waals surface area contributed by atoms with Crippen molar-refractivity contribution in [1.29, 1.82) is 0 Å². The van der Waals surface area contributed by atoms with Crippen LogP contribution in [0.15, 0.2) is 41.4 Å². The highest BCUT2D eigenvalue weighted by molar-refractivity contribution is 7.87. The van der Waals surface area contributed by atoms with Crippen molar-refractivity contribution in [3.8, 4) is 11.6 Å². The lowest BCUT2D eigenvalue weighted by Gasteiger charge is -2.13. The number of aryl methyl sites for hydroxylation is 1. The monoisotopic (exact) mass is 327 g/mol. The minimum absolute atomic E-state index is 0.0170. The van der Waals surface area contributed by atoms with Crippen LogP contribution in [0.5, 0.6) is 11.6 Å². The van der Waals surface area contributed by atoms with Gasteiger partial charge in [-0.15, -0.1) is 0 Å². The molecule has 0 aliphatic rings. The molecule has 1 aromatic heterocycles. The molecule has 0 spiro atoms. The van der Waals surface area contributed by atoms with Crippen LogP contribution in [0.3, 0.4) is 0 Å². The van der Waals surface area contributed by atoms with Gasteiger partial charge in [0.15, 0.2) is 0 Å². The molecule has 0 saturated heterocycles. The number of benzene rings is 1. The van der Waals surface area contributed by atoms with E-state index in [-0.39, 0.29) is 16.5 Å². The van der Waals surface area contributed by atoms with Crippen molar-refractivity contribution in [3.05, 3.63) is 47.1 Å². The molecule has 1 aromatic carbocycles. The highest BCUT2D eigenvalue weighted by Crippen LogP contribution is 2.31. The lowest BCUT2D eigenvalue weighted by molar-refractivity contribution is 0.329. The summed E-state index contributed by atoms with van der Waals surface area (Å²) in [6.45, 7) is 3.86. The number of ether oxygens (including phenoxy) is 1. The molecule has 0 aliphatic heterocycles. The largest absolute Gasteiger partial charge is 0.492 e. The Balaban J connectivity index is 2.46. The number of halogens is 1. The molecule has 0 N–H and O–H groups in total. The molecule has 0 fully saturated rings. The second kappa shape index (κ2) is 6.32. The summed E-state index contributed by atoms with van der Waals surface area (Å²) in [5.41, 5.74) is 0.719. The van der Waals surface area contributed by atoms with Crippen molar-refractivity contribution < 1.29 is 17.3 Å². The molecule has 1 heterocycles. The maximum Gasteiger partial charge on any atom is 0.344 e. The van der Waals surface area contributed by atoms with Gasteiger partial charge in [-0.05, 0) is 37.6 Å². The maximum absolute atomic E-state index is 12.4. The molecule has 2 aromatic rings. The molecule has 0 atom stereocenters. The molecule has 0 saturated carbocycles. The Bertz CT molecular complexity index is 732. The van der Waals surface area contributed by atoms with Crippen molar-refractivity contribution in [1.82, 2.24) is 4.98 Å². The Kier molecular flexibility index (Phi) is 4.69. The fraction of sp³-hybridized carbons (Fsp3) is 0.214. The molecule has 112 valence electrons. The second-order valence-electron chi connectivity index (χ2n) is 4.19. The van der Waals surface area contributed by atoms with E-state index in [2.05, 4.69) is 4.98 Å². The van der Waals surface area contributed by atoms with Gasteiger partial charge in [0.2, 0.25) is 5.88 Å². The van der Waals surface area contributed by atoms with E-state index in [1.165, 1.54) is 18.3 Å². The Labute approximate surface area is 128 Å². The molecule has 0 unspecified atom stereocenters. The minimum atomic E-state index is -4.08. The van der Waals surface area contributed by atoms with Gasteiger partial charge in [0.25, 0.3) is 0 Å². The van der Waals surface area contributed by atoms with Crippen LogP contribution in [0.4, 0.5) is 0 Å². The van der Waals surface area contributed by atoms with E-state index in [0.717, 1.165) is 5.56 Å². The zero-order valence-corrected chi connectivity index (χ0v) is 13.1. The third-order valence-corrected chi connectivity index (χ3v) is 4.28. The van der Waals surface area contributed by atoms with Crippen molar-refractivity contribution >= 4 is 21.7 Å². The third-order valence-electron chi connectivity index (χ3n) is 2.63. The average molecular weight is 328 g/mol. The van der Waals surface area contributed by atoms with Crippen molar-refractivity contribution in [2.24, 2.45) is 0 Å². The number of hydrogen-bond donors (Lipinski definition) is 0. The lowest BCUT2D eigenvalue weighted by Crippen LogP contribution is -2.12. The van der Waals surface area contributed by atoms with Crippen LogP contribution in [-0.2, 0) is 10.1 Å². The Hall–Kier alpha value is -1.79. The molecule has 0 amide bonds. The highest BCUT2D eigenvalue weighted by Gasteiger charge is 2.24. The zero-order valence-electron chi connectivity index (χ0n) is 11.5. The van der Waals surface area contributed by atoms with Gasteiger partial charge in [-0.3, -0.25) is 0 Å². The summed E-state index contributed by atoms with van der Waals surface area (Å²) in [5, 5.41) is 0.321. The molecule has 0 aliphatic carbocycles. The molecule has 2 rings (SSSR count). The van der Waals surface area contributed by atoms with Crippen LogP contribution in [0.2, 0.25) is 5.02 Å². The van der Waals surface area contributed by atoms with E-state index >= 15 is 0 Å². The summed E-state index contributed by atoms with van der Waals surface area (Å²) in [5.74, 6) is 0.187. The number of rotatable bonds is 5. The first-order valence-corrected chi connectivity index (χ1v) is 8.01. The van der Waals surface area contributed by atoms with Crippen LogP contribution < -0.4 is 8.92 Å². The van der Waals surface area contributed by atoms with Crippen LogP contribution in [-0.4, -0.2) is 20.0 Å². The zero-order chi connectivity index (χ0) is 15.5. The van der Waals surface area contributed by atoms with Gasteiger partial charge < -0.3 is 8.92 Å². The Morgan fingerprint density at radius 1 is 1.29 bits per heavy atom. The fourth-order valence-corrected chi connectivity index (χ4v) is 2.92. The van der Waals surface area contributed by atoms with Crippen molar-refractivity contribution in [2.75, 3.05) is 6.61 Å². The first kappa shape index (κ1) is 15.6. The van der Waals surface area contributed by atoms with Gasteiger partial charge in [-0.2, -0.15) is 8.42 Å². The molecular weight excluding hydrogens is 314 g/mol. The van der Waals surface area contributed by atoms with Crippen LogP contribution >= 0.6 is 11.6 Å². The average Bonchev–Trinajstić information content (AvgIpc) is 2.43. The van der Waals surface area contributed by atoms with Crippen LogP contribution in [0, 0.1) is 6.92 Å². The summed E-state index contributed by atoms with van der Waals surface area (Å²) in [7, 11) is -4.08. The van der Waals surface area contributed by atoms with E-state index < -0.39 is 10.1 Å². The van der Waals surface area contributed by atoms with Crippen LogP contribution in [0.25, 0.3) is 0 Å². The summed E-state index contributed by atoms with van der Waals surface area (Å²) in [6, 6.07) is 7.63. The van der Waals surface area contributed by atoms with Crippen molar-refractivity contribution in [2.45, 2.75) is 18.7 Å². The summed E-state index contributed by atoms with van der Waals surface area (Å²) in [4.78, 5) is 3.71. The molecule has 0 bridgehead atoms. The number of pyridine rings is 1. The number of aromatic nitrogens is 1. The standard InChI is InChI=1S/C14H14ClNO4S/c1-3-19-12-8-10(2)11(15)9-13(12)21(17,18)20-14-6-4-5-7-16-14/h4-9H,3H2,1-2H3. The normalized spacial score (nSPS) is 11.2. The van der Waals surface area contributed by atoms with Gasteiger partial charge in [-0.25, -0.2) is 4.98 Å². The van der Waals surface area contributed by atoms with Crippen molar-refractivity contribution in [3.63, 3.8) is 0 Å². The first-order chi connectivity index (χ1) is 9.94. The predicted octanol–water partition coefficient (Wildman–Crippen LogP) is 3.21. The molecule has 5 nitrogen and oxygen atoms in total. The Morgan fingerprint density at radius 3 is 2.67 bits per heavy atom. The van der Waals surface area contributed by atoms with E-state index in [4.69, 9.17) is 20.5 Å². The predicted molar refractivity (Wildman–Crippen MR) is 79.4 cm³/mol. The molecule has 0 radical (unpaired) electrons.